The summed E-state index contributed by atoms with van der Waals surface area (Å²) in [4.78, 5) is 11.1. The summed E-state index contributed by atoms with van der Waals surface area (Å²) < 4.78 is 15.8. The normalized spacial score (nSPS) is 16.6. The second-order valence-electron chi connectivity index (χ2n) is 4.87. The minimum Gasteiger partial charge on any atom is -0.493 e. The quantitative estimate of drug-likeness (QED) is 0.879. The zero-order valence-corrected chi connectivity index (χ0v) is 11.4. The first kappa shape index (κ1) is 13.7. The molecule has 5 heteroatoms. The van der Waals surface area contributed by atoms with Crippen LogP contribution in [0.5, 0.6) is 11.5 Å². The van der Waals surface area contributed by atoms with Gasteiger partial charge < -0.3 is 19.3 Å². The van der Waals surface area contributed by atoms with Crippen molar-refractivity contribution in [2.75, 3.05) is 27.4 Å². The third-order valence-corrected chi connectivity index (χ3v) is 3.55. The Bertz CT molecular complexity index is 491. The fraction of sp³-hybridized carbons (Fsp3) is 0.500. The Morgan fingerprint density at radius 2 is 1.89 bits per heavy atom. The SMILES string of the molecule is COc1cc(C)c(C2(CC(=O)O)COC2)cc1OC. The maximum Gasteiger partial charge on any atom is 0.304 e. The number of hydrogen-bond donors (Lipinski definition) is 1. The van der Waals surface area contributed by atoms with E-state index in [1.54, 1.807) is 14.2 Å². The van der Waals surface area contributed by atoms with Gasteiger partial charge in [0.15, 0.2) is 11.5 Å². The van der Waals surface area contributed by atoms with E-state index in [1.165, 1.54) is 0 Å². The maximum atomic E-state index is 11.1. The lowest BCUT2D eigenvalue weighted by Gasteiger charge is -2.42. The van der Waals surface area contributed by atoms with E-state index in [2.05, 4.69) is 0 Å². The van der Waals surface area contributed by atoms with Crippen LogP contribution in [0.25, 0.3) is 0 Å². The first-order valence-corrected chi connectivity index (χ1v) is 6.05. The molecule has 0 radical (unpaired) electrons. The number of carbonyl (C=O) groups is 1. The average Bonchev–Trinajstić information content (AvgIpc) is 2.33. The molecule has 1 fully saturated rings. The maximum absolute atomic E-state index is 11.1. The van der Waals surface area contributed by atoms with Crippen LogP contribution in [0, 0.1) is 6.92 Å². The van der Waals surface area contributed by atoms with Gasteiger partial charge in [-0.1, -0.05) is 0 Å². The zero-order valence-electron chi connectivity index (χ0n) is 11.4. The van der Waals surface area contributed by atoms with Crippen LogP contribution in [0.3, 0.4) is 0 Å². The highest BCUT2D eigenvalue weighted by Crippen LogP contribution is 2.42. The summed E-state index contributed by atoms with van der Waals surface area (Å²) in [6, 6.07) is 3.73. The van der Waals surface area contributed by atoms with E-state index in [-0.39, 0.29) is 6.42 Å². The minimum absolute atomic E-state index is 0.0589. The summed E-state index contributed by atoms with van der Waals surface area (Å²) in [7, 11) is 3.15. The molecule has 1 heterocycles. The van der Waals surface area contributed by atoms with Crippen molar-refractivity contribution in [1.29, 1.82) is 0 Å². The van der Waals surface area contributed by atoms with Gasteiger partial charge in [0, 0.05) is 0 Å². The molecule has 0 aliphatic carbocycles. The van der Waals surface area contributed by atoms with E-state index in [0.717, 1.165) is 11.1 Å². The van der Waals surface area contributed by atoms with E-state index in [0.29, 0.717) is 24.7 Å². The van der Waals surface area contributed by atoms with Crippen LogP contribution >= 0.6 is 0 Å². The van der Waals surface area contributed by atoms with Crippen molar-refractivity contribution >= 4 is 5.97 Å². The van der Waals surface area contributed by atoms with Crippen molar-refractivity contribution in [2.45, 2.75) is 18.8 Å². The molecule has 2 rings (SSSR count). The largest absolute Gasteiger partial charge is 0.493 e. The molecule has 1 aromatic rings. The molecule has 1 saturated heterocycles. The van der Waals surface area contributed by atoms with Crippen molar-refractivity contribution in [3.05, 3.63) is 23.3 Å². The van der Waals surface area contributed by atoms with Crippen molar-refractivity contribution in [3.8, 4) is 11.5 Å². The lowest BCUT2D eigenvalue weighted by Crippen LogP contribution is -2.48. The lowest BCUT2D eigenvalue weighted by atomic mass is 9.74. The highest BCUT2D eigenvalue weighted by molar-refractivity contribution is 5.70. The van der Waals surface area contributed by atoms with Crippen molar-refractivity contribution in [3.63, 3.8) is 0 Å². The third-order valence-electron chi connectivity index (χ3n) is 3.55. The Hall–Kier alpha value is -1.75. The van der Waals surface area contributed by atoms with Crippen molar-refractivity contribution < 1.29 is 24.1 Å². The molecule has 0 bridgehead atoms. The predicted octanol–water partition coefficient (Wildman–Crippen LogP) is 1.75. The molecule has 0 unspecified atom stereocenters. The number of rotatable bonds is 5. The number of hydrogen-bond acceptors (Lipinski definition) is 4. The number of ether oxygens (including phenoxy) is 3. The van der Waals surface area contributed by atoms with Crippen LogP contribution in [-0.2, 0) is 14.9 Å². The van der Waals surface area contributed by atoms with E-state index in [1.807, 2.05) is 19.1 Å². The summed E-state index contributed by atoms with van der Waals surface area (Å²) in [6.07, 6.45) is 0.0589. The van der Waals surface area contributed by atoms with Gasteiger partial charge in [0.1, 0.15) is 0 Å². The fourth-order valence-corrected chi connectivity index (χ4v) is 2.54. The van der Waals surface area contributed by atoms with Crippen LogP contribution in [-0.4, -0.2) is 38.5 Å². The molecule has 0 amide bonds. The molecule has 0 atom stereocenters. The number of aryl methyl sites for hydroxylation is 1. The first-order chi connectivity index (χ1) is 9.02. The monoisotopic (exact) mass is 266 g/mol. The number of aliphatic carboxylic acids is 1. The summed E-state index contributed by atoms with van der Waals surface area (Å²) in [5, 5.41) is 9.08. The van der Waals surface area contributed by atoms with Crippen LogP contribution in [0.1, 0.15) is 17.5 Å². The van der Waals surface area contributed by atoms with Gasteiger partial charge in [-0.25, -0.2) is 0 Å². The highest BCUT2D eigenvalue weighted by atomic mass is 16.5. The van der Waals surface area contributed by atoms with E-state index in [4.69, 9.17) is 19.3 Å². The van der Waals surface area contributed by atoms with E-state index < -0.39 is 11.4 Å². The van der Waals surface area contributed by atoms with Crippen molar-refractivity contribution in [2.24, 2.45) is 0 Å². The van der Waals surface area contributed by atoms with E-state index >= 15 is 0 Å². The number of benzene rings is 1. The second kappa shape index (κ2) is 5.09. The number of carboxylic acid groups (broad SMARTS) is 1. The summed E-state index contributed by atoms with van der Waals surface area (Å²) in [5.74, 6) is 0.437. The van der Waals surface area contributed by atoms with Gasteiger partial charge in [0.2, 0.25) is 0 Å². The van der Waals surface area contributed by atoms with Gasteiger partial charge in [-0.15, -0.1) is 0 Å². The molecule has 1 aliphatic heterocycles. The zero-order chi connectivity index (χ0) is 14.0. The van der Waals surface area contributed by atoms with Crippen LogP contribution in [0.4, 0.5) is 0 Å². The number of carboxylic acids is 1. The fourth-order valence-electron chi connectivity index (χ4n) is 2.54. The Morgan fingerprint density at radius 1 is 1.32 bits per heavy atom. The van der Waals surface area contributed by atoms with Gasteiger partial charge in [-0.2, -0.15) is 0 Å². The summed E-state index contributed by atoms with van der Waals surface area (Å²) >= 11 is 0. The highest BCUT2D eigenvalue weighted by Gasteiger charge is 2.43. The smallest absolute Gasteiger partial charge is 0.304 e. The van der Waals surface area contributed by atoms with Crippen molar-refractivity contribution in [1.82, 2.24) is 0 Å². The van der Waals surface area contributed by atoms with Crippen LogP contribution < -0.4 is 9.47 Å². The molecule has 104 valence electrons. The molecular weight excluding hydrogens is 248 g/mol. The summed E-state index contributed by atoms with van der Waals surface area (Å²) in [5.41, 5.74) is 1.50. The second-order valence-corrected chi connectivity index (χ2v) is 4.87. The molecule has 0 spiro atoms. The van der Waals surface area contributed by atoms with Gasteiger partial charge >= 0.3 is 5.97 Å². The Balaban J connectivity index is 2.46. The van der Waals surface area contributed by atoms with E-state index in [9.17, 15) is 4.79 Å². The minimum atomic E-state index is -0.822. The molecule has 0 aromatic heterocycles. The Kier molecular flexibility index (Phi) is 3.66. The molecule has 1 N–H and O–H groups in total. The Labute approximate surface area is 112 Å². The average molecular weight is 266 g/mol. The molecular formula is C14H18O5. The molecule has 5 nitrogen and oxygen atoms in total. The first-order valence-electron chi connectivity index (χ1n) is 6.05. The predicted molar refractivity (Wildman–Crippen MR) is 69.0 cm³/mol. The molecule has 1 aromatic carbocycles. The Morgan fingerprint density at radius 3 is 2.32 bits per heavy atom. The third kappa shape index (κ3) is 2.38. The number of methoxy groups -OCH3 is 2. The lowest BCUT2D eigenvalue weighted by molar-refractivity contribution is -0.145. The molecule has 19 heavy (non-hydrogen) atoms. The molecule has 1 aliphatic rings. The van der Waals surface area contributed by atoms with Gasteiger partial charge in [0.25, 0.3) is 0 Å². The van der Waals surface area contributed by atoms with Crippen LogP contribution in [0.15, 0.2) is 12.1 Å². The van der Waals surface area contributed by atoms with Crippen LogP contribution in [0.2, 0.25) is 0 Å². The van der Waals surface area contributed by atoms with Gasteiger partial charge in [-0.05, 0) is 30.2 Å². The molecule has 0 saturated carbocycles. The standard InChI is InChI=1S/C14H18O5/c1-9-4-11(17-2)12(18-3)5-10(9)14(6-13(15)16)7-19-8-14/h4-5H,6-8H2,1-3H3,(H,15,16). The topological polar surface area (TPSA) is 65.0 Å². The van der Waals surface area contributed by atoms with Gasteiger partial charge in [0.05, 0.1) is 39.3 Å². The van der Waals surface area contributed by atoms with Gasteiger partial charge in [-0.3, -0.25) is 4.79 Å². The summed E-state index contributed by atoms with van der Waals surface area (Å²) in [6.45, 7) is 2.80.